The number of carbonyl (C=O) groups is 3. The van der Waals surface area contributed by atoms with Gasteiger partial charge in [-0.15, -0.1) is 0 Å². The third-order valence-electron chi connectivity index (χ3n) is 3.79. The Balaban J connectivity index is 2.08. The summed E-state index contributed by atoms with van der Waals surface area (Å²) in [6.07, 6.45) is 1.26. The van der Waals surface area contributed by atoms with Gasteiger partial charge in [0.25, 0.3) is 11.8 Å². The fourth-order valence-electron chi connectivity index (χ4n) is 2.54. The van der Waals surface area contributed by atoms with Crippen molar-refractivity contribution in [3.05, 3.63) is 62.0 Å². The van der Waals surface area contributed by atoms with E-state index in [1.54, 1.807) is 37.3 Å². The quantitative estimate of drug-likeness (QED) is 0.505. The van der Waals surface area contributed by atoms with Gasteiger partial charge in [0, 0.05) is 14.5 Å². The lowest BCUT2D eigenvalue weighted by Gasteiger charge is -2.27. The number of benzene rings is 2. The van der Waals surface area contributed by atoms with E-state index in [4.69, 9.17) is 0 Å². The van der Waals surface area contributed by atoms with Crippen LogP contribution in [0.3, 0.4) is 0 Å². The third-order valence-corrected chi connectivity index (χ3v) is 4.78. The zero-order valence-corrected chi connectivity index (χ0v) is 16.6. The van der Waals surface area contributed by atoms with Crippen LogP contribution in [0.2, 0.25) is 0 Å². The zero-order chi connectivity index (χ0) is 19.0. The molecule has 0 atom stereocenters. The first-order chi connectivity index (χ1) is 12.3. The van der Waals surface area contributed by atoms with Crippen LogP contribution >= 0.6 is 31.9 Å². The third kappa shape index (κ3) is 3.42. The number of amides is 4. The predicted octanol–water partition coefficient (Wildman–Crippen LogP) is 3.89. The van der Waals surface area contributed by atoms with Crippen molar-refractivity contribution in [3.63, 3.8) is 0 Å². The number of halogens is 2. The summed E-state index contributed by atoms with van der Waals surface area (Å²) in [5.41, 5.74) is 1.08. The molecule has 8 heteroatoms. The number of carbonyl (C=O) groups excluding carboxylic acids is 3. The van der Waals surface area contributed by atoms with Crippen molar-refractivity contribution in [2.75, 3.05) is 4.90 Å². The van der Waals surface area contributed by atoms with Crippen LogP contribution in [0.25, 0.3) is 6.08 Å². The second-order valence-electron chi connectivity index (χ2n) is 5.59. The smallest absolute Gasteiger partial charge is 0.335 e. The fourth-order valence-corrected chi connectivity index (χ4v) is 3.40. The number of phenolic OH excluding ortho intramolecular Hbond substituents is 1. The van der Waals surface area contributed by atoms with Crippen molar-refractivity contribution in [2.24, 2.45) is 0 Å². The van der Waals surface area contributed by atoms with Crippen molar-refractivity contribution in [3.8, 4) is 5.75 Å². The van der Waals surface area contributed by atoms with E-state index in [9.17, 15) is 19.5 Å². The van der Waals surface area contributed by atoms with E-state index < -0.39 is 17.8 Å². The summed E-state index contributed by atoms with van der Waals surface area (Å²) in [4.78, 5) is 38.2. The number of barbiturate groups is 1. The van der Waals surface area contributed by atoms with Gasteiger partial charge < -0.3 is 5.11 Å². The van der Waals surface area contributed by atoms with Gasteiger partial charge in [0.1, 0.15) is 11.3 Å². The van der Waals surface area contributed by atoms with Crippen molar-refractivity contribution in [2.45, 2.75) is 6.92 Å². The largest absolute Gasteiger partial charge is 0.507 e. The Hall–Kier alpha value is -2.45. The van der Waals surface area contributed by atoms with E-state index in [0.717, 1.165) is 9.37 Å². The fraction of sp³-hybridized carbons (Fsp3) is 0.0556. The summed E-state index contributed by atoms with van der Waals surface area (Å²) >= 11 is 6.60. The number of anilines is 1. The Morgan fingerprint density at radius 1 is 1.04 bits per heavy atom. The number of phenols is 1. The van der Waals surface area contributed by atoms with Crippen molar-refractivity contribution < 1.29 is 19.5 Å². The van der Waals surface area contributed by atoms with Crippen molar-refractivity contribution >= 4 is 61.5 Å². The van der Waals surface area contributed by atoms with E-state index >= 15 is 0 Å². The number of nitrogens with one attached hydrogen (secondary N) is 1. The van der Waals surface area contributed by atoms with Crippen LogP contribution in [-0.2, 0) is 9.59 Å². The second kappa shape index (κ2) is 7.05. The number of aromatic hydroxyl groups is 1. The molecule has 132 valence electrons. The summed E-state index contributed by atoms with van der Waals surface area (Å²) in [7, 11) is 0. The molecule has 0 aromatic heterocycles. The maximum Gasteiger partial charge on any atom is 0.335 e. The minimum Gasteiger partial charge on any atom is -0.507 e. The van der Waals surface area contributed by atoms with E-state index in [0.29, 0.717) is 15.7 Å². The van der Waals surface area contributed by atoms with Crippen LogP contribution in [0.4, 0.5) is 10.5 Å². The van der Waals surface area contributed by atoms with Gasteiger partial charge in [-0.25, -0.2) is 9.69 Å². The lowest BCUT2D eigenvalue weighted by atomic mass is 10.1. The van der Waals surface area contributed by atoms with Gasteiger partial charge in [0.15, 0.2) is 0 Å². The number of hydrogen-bond donors (Lipinski definition) is 2. The zero-order valence-electron chi connectivity index (χ0n) is 13.4. The molecule has 0 saturated carbocycles. The van der Waals surface area contributed by atoms with Gasteiger partial charge in [0.2, 0.25) is 0 Å². The highest BCUT2D eigenvalue weighted by atomic mass is 79.9. The molecule has 0 unspecified atom stereocenters. The van der Waals surface area contributed by atoms with Crippen LogP contribution in [0.5, 0.6) is 5.75 Å². The standard InChI is InChI=1S/C18H12Br2N2O4/c1-9-6-11(19)2-4-14(9)22-17(25)13(16(24)21-18(22)26)8-10-7-12(20)3-5-15(10)23/h2-8,23H,1H3,(H,21,24,26)/b13-8-. The molecule has 3 rings (SSSR count). The lowest BCUT2D eigenvalue weighted by molar-refractivity contribution is -0.122. The molecule has 1 aliphatic rings. The summed E-state index contributed by atoms with van der Waals surface area (Å²) in [6, 6.07) is 8.87. The lowest BCUT2D eigenvalue weighted by Crippen LogP contribution is -2.54. The Labute approximate surface area is 165 Å². The molecule has 2 aromatic carbocycles. The maximum atomic E-state index is 12.9. The molecule has 0 bridgehead atoms. The van der Waals surface area contributed by atoms with Gasteiger partial charge in [-0.05, 0) is 55.0 Å². The molecular formula is C18H12Br2N2O4. The van der Waals surface area contributed by atoms with E-state index in [2.05, 4.69) is 37.2 Å². The molecule has 0 radical (unpaired) electrons. The van der Waals surface area contributed by atoms with Crippen LogP contribution in [-0.4, -0.2) is 23.0 Å². The minimum absolute atomic E-state index is 0.0930. The van der Waals surface area contributed by atoms with Crippen LogP contribution in [0, 0.1) is 6.92 Å². The minimum atomic E-state index is -0.818. The monoisotopic (exact) mass is 478 g/mol. The SMILES string of the molecule is Cc1cc(Br)ccc1N1C(=O)NC(=O)/C(=C/c2cc(Br)ccc2O)C1=O. The second-order valence-corrected chi connectivity index (χ2v) is 7.42. The molecule has 0 aliphatic carbocycles. The molecule has 26 heavy (non-hydrogen) atoms. The number of urea groups is 1. The van der Waals surface area contributed by atoms with Gasteiger partial charge >= 0.3 is 6.03 Å². The summed E-state index contributed by atoms with van der Waals surface area (Å²) in [5, 5.41) is 12.1. The summed E-state index contributed by atoms with van der Waals surface area (Å²) in [6.45, 7) is 1.75. The van der Waals surface area contributed by atoms with Crippen LogP contribution < -0.4 is 10.2 Å². The summed E-state index contributed by atoms with van der Waals surface area (Å²) in [5.74, 6) is -1.67. The first-order valence-corrected chi connectivity index (χ1v) is 9.02. The Kier molecular flexibility index (Phi) is 4.97. The van der Waals surface area contributed by atoms with E-state index in [1.807, 2.05) is 0 Å². The summed E-state index contributed by atoms with van der Waals surface area (Å²) < 4.78 is 1.47. The highest BCUT2D eigenvalue weighted by molar-refractivity contribution is 9.10. The average Bonchev–Trinajstić information content (AvgIpc) is 2.56. The molecule has 6 nitrogen and oxygen atoms in total. The molecule has 0 spiro atoms. The Morgan fingerprint density at radius 3 is 2.38 bits per heavy atom. The van der Waals surface area contributed by atoms with Gasteiger partial charge in [-0.3, -0.25) is 14.9 Å². The predicted molar refractivity (Wildman–Crippen MR) is 104 cm³/mol. The number of rotatable bonds is 2. The highest BCUT2D eigenvalue weighted by Gasteiger charge is 2.37. The average molecular weight is 480 g/mol. The highest BCUT2D eigenvalue weighted by Crippen LogP contribution is 2.29. The van der Waals surface area contributed by atoms with Gasteiger partial charge in [0.05, 0.1) is 5.69 Å². The van der Waals surface area contributed by atoms with Crippen LogP contribution in [0.15, 0.2) is 50.9 Å². The molecule has 1 heterocycles. The topological polar surface area (TPSA) is 86.7 Å². The molecule has 4 amide bonds. The number of nitrogens with zero attached hydrogens (tertiary/aromatic N) is 1. The number of imide groups is 2. The molecule has 2 aromatic rings. The van der Waals surface area contributed by atoms with Gasteiger partial charge in [-0.1, -0.05) is 31.9 Å². The molecule has 1 fully saturated rings. The molecule has 2 N–H and O–H groups in total. The Morgan fingerprint density at radius 2 is 1.69 bits per heavy atom. The first-order valence-electron chi connectivity index (χ1n) is 7.44. The normalized spacial score (nSPS) is 16.2. The van der Waals surface area contributed by atoms with Gasteiger partial charge in [-0.2, -0.15) is 0 Å². The molecular weight excluding hydrogens is 468 g/mol. The Bertz CT molecular complexity index is 985. The molecule has 1 aliphatic heterocycles. The molecule has 1 saturated heterocycles. The van der Waals surface area contributed by atoms with Crippen molar-refractivity contribution in [1.82, 2.24) is 5.32 Å². The van der Waals surface area contributed by atoms with E-state index in [-0.39, 0.29) is 16.9 Å². The number of hydrogen-bond acceptors (Lipinski definition) is 4. The maximum absolute atomic E-state index is 12.9. The number of aryl methyl sites for hydroxylation is 1. The van der Waals surface area contributed by atoms with E-state index in [1.165, 1.54) is 12.1 Å². The van der Waals surface area contributed by atoms with Crippen molar-refractivity contribution in [1.29, 1.82) is 0 Å². The van der Waals surface area contributed by atoms with Crippen LogP contribution in [0.1, 0.15) is 11.1 Å². The first kappa shape index (κ1) is 18.3.